The van der Waals surface area contributed by atoms with Crippen molar-refractivity contribution in [1.29, 1.82) is 0 Å². The van der Waals surface area contributed by atoms with Crippen molar-refractivity contribution in [3.63, 3.8) is 0 Å². The molecule has 0 unspecified atom stereocenters. The standard InChI is InChI=1S/C16H20N2OSi/c1-20(2,3)19-16-9-5-4-8-15(16)18-12-10-14-7-6-11-17-13-14/h4-9,11-13H,10H2,1-3H3. The van der Waals surface area contributed by atoms with E-state index in [9.17, 15) is 0 Å². The number of nitrogens with zero attached hydrogens (tertiary/aromatic N) is 2. The third kappa shape index (κ3) is 4.62. The molecule has 0 saturated heterocycles. The summed E-state index contributed by atoms with van der Waals surface area (Å²) in [6.45, 7) is 6.51. The van der Waals surface area contributed by atoms with E-state index in [1.807, 2.05) is 48.8 Å². The first-order chi connectivity index (χ1) is 9.54. The van der Waals surface area contributed by atoms with Crippen LogP contribution >= 0.6 is 0 Å². The third-order valence-electron chi connectivity index (χ3n) is 2.56. The molecule has 0 bridgehead atoms. The normalized spacial score (nSPS) is 11.8. The van der Waals surface area contributed by atoms with Crippen LogP contribution in [-0.2, 0) is 6.42 Å². The lowest BCUT2D eigenvalue weighted by Crippen LogP contribution is -2.29. The largest absolute Gasteiger partial charge is 0.543 e. The molecule has 0 radical (unpaired) electrons. The molecule has 0 aliphatic rings. The van der Waals surface area contributed by atoms with E-state index >= 15 is 0 Å². The molecule has 1 aromatic carbocycles. The smallest absolute Gasteiger partial charge is 0.242 e. The van der Waals surface area contributed by atoms with Gasteiger partial charge in [-0.25, -0.2) is 0 Å². The molecule has 0 spiro atoms. The van der Waals surface area contributed by atoms with Crippen molar-refractivity contribution < 1.29 is 4.43 Å². The molecule has 3 nitrogen and oxygen atoms in total. The van der Waals surface area contributed by atoms with E-state index in [4.69, 9.17) is 4.43 Å². The molecule has 2 rings (SSSR count). The number of pyridine rings is 1. The van der Waals surface area contributed by atoms with E-state index in [0.717, 1.165) is 23.4 Å². The van der Waals surface area contributed by atoms with Crippen LogP contribution in [-0.4, -0.2) is 19.5 Å². The molecule has 1 aromatic heterocycles. The molecule has 0 saturated carbocycles. The highest BCUT2D eigenvalue weighted by molar-refractivity contribution is 6.70. The van der Waals surface area contributed by atoms with Crippen LogP contribution < -0.4 is 4.43 Å². The van der Waals surface area contributed by atoms with Gasteiger partial charge in [-0.1, -0.05) is 18.2 Å². The van der Waals surface area contributed by atoms with Gasteiger partial charge in [0.25, 0.3) is 0 Å². The van der Waals surface area contributed by atoms with Crippen LogP contribution in [0.25, 0.3) is 0 Å². The summed E-state index contributed by atoms with van der Waals surface area (Å²) in [5.74, 6) is 0.870. The highest BCUT2D eigenvalue weighted by Crippen LogP contribution is 2.28. The summed E-state index contributed by atoms with van der Waals surface area (Å²) in [5.41, 5.74) is 2.04. The second-order valence-electron chi connectivity index (χ2n) is 5.56. The van der Waals surface area contributed by atoms with E-state index in [2.05, 4.69) is 29.6 Å². The van der Waals surface area contributed by atoms with Crippen LogP contribution in [0.1, 0.15) is 5.56 Å². The number of aliphatic imine (C=N–C) groups is 1. The van der Waals surface area contributed by atoms with Gasteiger partial charge in [0.15, 0.2) is 0 Å². The average molecular weight is 284 g/mol. The summed E-state index contributed by atoms with van der Waals surface area (Å²) in [6, 6.07) is 11.9. The molecule has 1 heterocycles. The summed E-state index contributed by atoms with van der Waals surface area (Å²) >= 11 is 0. The van der Waals surface area contributed by atoms with Crippen molar-refractivity contribution in [3.05, 3.63) is 54.4 Å². The first-order valence-electron chi connectivity index (χ1n) is 6.74. The first-order valence-corrected chi connectivity index (χ1v) is 10.1. The number of aromatic nitrogens is 1. The van der Waals surface area contributed by atoms with Crippen LogP contribution in [0.3, 0.4) is 0 Å². The average Bonchev–Trinajstić information content (AvgIpc) is 2.40. The van der Waals surface area contributed by atoms with Gasteiger partial charge in [-0.05, 0) is 43.4 Å². The summed E-state index contributed by atoms with van der Waals surface area (Å²) in [5, 5.41) is 0. The van der Waals surface area contributed by atoms with Crippen LogP contribution in [0.4, 0.5) is 5.69 Å². The van der Waals surface area contributed by atoms with Gasteiger partial charge in [0.1, 0.15) is 11.4 Å². The van der Waals surface area contributed by atoms with Gasteiger partial charge in [-0.3, -0.25) is 9.98 Å². The summed E-state index contributed by atoms with van der Waals surface area (Å²) in [7, 11) is -1.62. The second-order valence-corrected chi connectivity index (χ2v) is 9.99. The van der Waals surface area contributed by atoms with Gasteiger partial charge >= 0.3 is 0 Å². The quantitative estimate of drug-likeness (QED) is 0.608. The summed E-state index contributed by atoms with van der Waals surface area (Å²) in [6.07, 6.45) is 6.31. The van der Waals surface area contributed by atoms with E-state index in [0.29, 0.717) is 0 Å². The minimum absolute atomic E-state index is 0.773. The molecule has 0 N–H and O–H groups in total. The second kappa shape index (κ2) is 6.48. The Kier molecular flexibility index (Phi) is 4.68. The maximum Gasteiger partial charge on any atom is 0.242 e. The number of benzene rings is 1. The fourth-order valence-electron chi connectivity index (χ4n) is 1.75. The lowest BCUT2D eigenvalue weighted by atomic mass is 10.2. The van der Waals surface area contributed by atoms with Gasteiger partial charge in [-0.2, -0.15) is 0 Å². The summed E-state index contributed by atoms with van der Waals surface area (Å²) < 4.78 is 6.05. The SMILES string of the molecule is C[Si](C)(C)Oc1ccccc1N=CCc1cccnc1. The zero-order chi connectivity index (χ0) is 14.4. The molecule has 4 heteroatoms. The monoisotopic (exact) mass is 284 g/mol. The van der Waals surface area contributed by atoms with Gasteiger partial charge < -0.3 is 4.43 Å². The first kappa shape index (κ1) is 14.5. The molecular weight excluding hydrogens is 264 g/mol. The highest BCUT2D eigenvalue weighted by Gasteiger charge is 2.17. The van der Waals surface area contributed by atoms with Crippen molar-refractivity contribution in [1.82, 2.24) is 4.98 Å². The molecule has 0 aliphatic carbocycles. The lowest BCUT2D eigenvalue weighted by Gasteiger charge is -2.20. The molecular formula is C16H20N2OSi. The highest BCUT2D eigenvalue weighted by atomic mass is 28.4. The Labute approximate surface area is 121 Å². The van der Waals surface area contributed by atoms with Gasteiger partial charge in [0.2, 0.25) is 8.32 Å². The zero-order valence-electron chi connectivity index (χ0n) is 12.2. The van der Waals surface area contributed by atoms with E-state index < -0.39 is 8.32 Å². The Hall–Kier alpha value is -1.94. The fourth-order valence-corrected chi connectivity index (χ4v) is 2.58. The summed E-state index contributed by atoms with van der Waals surface area (Å²) in [4.78, 5) is 8.63. The third-order valence-corrected chi connectivity index (χ3v) is 3.39. The van der Waals surface area contributed by atoms with E-state index in [1.165, 1.54) is 0 Å². The van der Waals surface area contributed by atoms with Crippen LogP contribution in [0, 0.1) is 0 Å². The van der Waals surface area contributed by atoms with Crippen molar-refractivity contribution >= 4 is 20.2 Å². The molecule has 20 heavy (non-hydrogen) atoms. The maximum absolute atomic E-state index is 6.05. The maximum atomic E-state index is 6.05. The van der Waals surface area contributed by atoms with Gasteiger partial charge in [0, 0.05) is 25.0 Å². The predicted molar refractivity (Wildman–Crippen MR) is 86.5 cm³/mol. The Morgan fingerprint density at radius 2 is 1.95 bits per heavy atom. The number of rotatable bonds is 5. The van der Waals surface area contributed by atoms with Crippen molar-refractivity contribution in [2.24, 2.45) is 4.99 Å². The number of hydrogen-bond donors (Lipinski definition) is 0. The molecule has 104 valence electrons. The van der Waals surface area contributed by atoms with E-state index in [-0.39, 0.29) is 0 Å². The molecule has 0 amide bonds. The van der Waals surface area contributed by atoms with Crippen molar-refractivity contribution in [3.8, 4) is 5.75 Å². The zero-order valence-corrected chi connectivity index (χ0v) is 13.2. The molecule has 0 atom stereocenters. The number of hydrogen-bond acceptors (Lipinski definition) is 3. The Balaban J connectivity index is 2.09. The van der Waals surface area contributed by atoms with Crippen molar-refractivity contribution in [2.45, 2.75) is 26.1 Å². The van der Waals surface area contributed by atoms with E-state index in [1.54, 1.807) is 6.20 Å². The van der Waals surface area contributed by atoms with Crippen molar-refractivity contribution in [2.75, 3.05) is 0 Å². The van der Waals surface area contributed by atoms with Crippen LogP contribution in [0.15, 0.2) is 53.8 Å². The van der Waals surface area contributed by atoms with Gasteiger partial charge in [-0.15, -0.1) is 0 Å². The lowest BCUT2D eigenvalue weighted by molar-refractivity contribution is 0.559. The van der Waals surface area contributed by atoms with Crippen LogP contribution in [0.2, 0.25) is 19.6 Å². The Morgan fingerprint density at radius 3 is 2.65 bits per heavy atom. The fraction of sp³-hybridized carbons (Fsp3) is 0.250. The van der Waals surface area contributed by atoms with Crippen LogP contribution in [0.5, 0.6) is 5.75 Å². The predicted octanol–water partition coefficient (Wildman–Crippen LogP) is 4.24. The molecule has 0 aliphatic heterocycles. The Bertz CT molecular complexity index is 577. The minimum atomic E-state index is -1.62. The minimum Gasteiger partial charge on any atom is -0.543 e. The number of para-hydroxylation sites is 2. The topological polar surface area (TPSA) is 34.5 Å². The molecule has 0 fully saturated rings. The molecule has 2 aromatic rings. The Morgan fingerprint density at radius 1 is 1.15 bits per heavy atom. The van der Waals surface area contributed by atoms with Gasteiger partial charge in [0.05, 0.1) is 0 Å².